The summed E-state index contributed by atoms with van der Waals surface area (Å²) in [7, 11) is 2.27. The minimum absolute atomic E-state index is 0.249. The van der Waals surface area contributed by atoms with Crippen molar-refractivity contribution in [1.29, 1.82) is 0 Å². The van der Waals surface area contributed by atoms with E-state index in [1.807, 2.05) is 41.5 Å². The van der Waals surface area contributed by atoms with Gasteiger partial charge in [-0.15, -0.1) is 0 Å². The highest BCUT2D eigenvalue weighted by Crippen LogP contribution is 2.58. The summed E-state index contributed by atoms with van der Waals surface area (Å²) in [5.41, 5.74) is 14.1. The topological polar surface area (TPSA) is 19.4 Å². The lowest BCUT2D eigenvalue weighted by Gasteiger charge is -2.57. The van der Waals surface area contributed by atoms with Gasteiger partial charge in [-0.05, 0) is 339 Å². The summed E-state index contributed by atoms with van der Waals surface area (Å²) in [5.74, 6) is 7.84. The number of fused-ring (bicyclic) bond motifs is 5. The molecule has 4 saturated heterocycles. The molecule has 2 aromatic carbocycles. The van der Waals surface area contributed by atoms with E-state index in [0.29, 0.717) is 38.3 Å². The van der Waals surface area contributed by atoms with Crippen LogP contribution in [0, 0.1) is 74.4 Å². The van der Waals surface area contributed by atoms with Crippen LogP contribution < -0.4 is 0 Å². The summed E-state index contributed by atoms with van der Waals surface area (Å²) in [6, 6.07) is 14.2. The Hall–Kier alpha value is -1.80. The summed E-state index contributed by atoms with van der Waals surface area (Å²) in [6.45, 7) is 105. The molecule has 6 aliphatic heterocycles. The second kappa shape index (κ2) is 37.9. The molecule has 0 radical (unpaired) electrons. The van der Waals surface area contributed by atoms with Gasteiger partial charge in [0.05, 0.1) is 0 Å². The first-order chi connectivity index (χ1) is 46.8. The van der Waals surface area contributed by atoms with Crippen LogP contribution in [-0.2, 0) is 36.8 Å². The van der Waals surface area contributed by atoms with E-state index in [1.165, 1.54) is 171 Å². The summed E-state index contributed by atoms with van der Waals surface area (Å²) < 4.78 is 0. The van der Waals surface area contributed by atoms with Gasteiger partial charge in [0.2, 0.25) is 0 Å². The number of piperidine rings is 3. The van der Waals surface area contributed by atoms with Crippen LogP contribution >= 0.6 is 0 Å². The van der Waals surface area contributed by atoms with Gasteiger partial charge in [0.1, 0.15) is 0 Å². The molecule has 602 valence electrons. The molecule has 6 heterocycles. The maximum atomic E-state index is 2.72. The third-order valence-electron chi connectivity index (χ3n) is 25.8. The first kappa shape index (κ1) is 95.4. The Balaban J connectivity index is 0.000000317. The maximum Gasteiger partial charge on any atom is 0.0241 e. The van der Waals surface area contributed by atoms with Crippen LogP contribution in [0.2, 0.25) is 0 Å². The van der Waals surface area contributed by atoms with Gasteiger partial charge < -0.3 is 4.90 Å². The van der Waals surface area contributed by atoms with E-state index in [9.17, 15) is 0 Å². The molecule has 0 amide bonds. The Morgan fingerprint density at radius 3 is 1.07 bits per heavy atom. The normalized spacial score (nSPS) is 24.9. The number of hydrogen-bond acceptors (Lipinski definition) is 6. The second-order valence-corrected chi connectivity index (χ2v) is 45.5. The van der Waals surface area contributed by atoms with Crippen LogP contribution in [0.15, 0.2) is 36.4 Å². The molecule has 2 bridgehead atoms. The molecule has 6 heteroatoms. The van der Waals surface area contributed by atoms with E-state index in [2.05, 4.69) is 301 Å². The lowest BCUT2D eigenvalue weighted by Crippen LogP contribution is -2.53. The molecule has 7 fully saturated rings. The molecule has 4 unspecified atom stereocenters. The van der Waals surface area contributed by atoms with Crippen molar-refractivity contribution in [2.75, 3.05) is 72.5 Å². The van der Waals surface area contributed by atoms with E-state index >= 15 is 0 Å². The first-order valence-corrected chi connectivity index (χ1v) is 43.5. The molecule has 9 aliphatic rings. The van der Waals surface area contributed by atoms with Crippen molar-refractivity contribution in [2.45, 2.75) is 405 Å². The third kappa shape index (κ3) is 29.8. The van der Waals surface area contributed by atoms with Gasteiger partial charge in [-0.1, -0.05) is 203 Å². The Labute approximate surface area is 647 Å². The van der Waals surface area contributed by atoms with Crippen molar-refractivity contribution in [1.82, 2.24) is 29.4 Å². The molecule has 0 N–H and O–H groups in total. The molecule has 6 nitrogen and oxygen atoms in total. The van der Waals surface area contributed by atoms with E-state index in [-0.39, 0.29) is 21.9 Å². The highest BCUT2D eigenvalue weighted by atomic mass is 15.2. The van der Waals surface area contributed by atoms with Gasteiger partial charge in [-0.2, -0.15) is 0 Å². The first-order valence-electron chi connectivity index (χ1n) is 43.5. The van der Waals surface area contributed by atoms with E-state index in [1.54, 1.807) is 11.1 Å². The minimum atomic E-state index is 0.249. The molecular weight excluding hydrogens is 1250 g/mol. The molecule has 2 aromatic rings. The minimum Gasteiger partial charge on any atom is -0.306 e. The quantitative estimate of drug-likeness (QED) is 0.281. The standard InChI is InChI=1S/2C17H27N.C16H31N.C15H29N.C14H29N.C12H23N.3C2H6/c1-16(2,3)15-8-7-14-12-18(17(4,5)6)10-9-13(14)11-15;1-16(2,3)15-8-7-13-9-10-18(17(4,5)6)12-14(13)11-15;1-14(2,3)13-11-16(12-13)7-9-17(10-8-16)15(4,5)6;1-14(2,3)13-11-7-8-12(13)10-16(9-11)15(4,5)6;1-13(2,3)11-12-7-9-15(10-8-12)14(4,5)6;1-12(2,3)11-5-9-7-13(4)8-10(9)6-11;3*1-2/h2*7-8,11H,9-10,12H2,1-6H3;13H,7-12H2,1-6H3;11-13H,7-10H2,1-6H3;12H,7-11H2,1-6H3;9-11H,5-8H2,1-4H3;3*1-2H3. The Morgan fingerprint density at radius 1 is 0.350 bits per heavy atom. The predicted octanol–water partition coefficient (Wildman–Crippen LogP) is 26.0. The highest BCUT2D eigenvalue weighted by molar-refractivity contribution is 5.38. The summed E-state index contributed by atoms with van der Waals surface area (Å²) >= 11 is 0. The van der Waals surface area contributed by atoms with Crippen molar-refractivity contribution in [3.8, 4) is 0 Å². The fourth-order valence-corrected chi connectivity index (χ4v) is 18.9. The molecule has 0 aromatic heterocycles. The van der Waals surface area contributed by atoms with Gasteiger partial charge in [0.15, 0.2) is 0 Å². The van der Waals surface area contributed by atoms with Gasteiger partial charge >= 0.3 is 0 Å². The van der Waals surface area contributed by atoms with E-state index in [0.717, 1.165) is 65.8 Å². The molecular formula is C97H184N6. The lowest BCUT2D eigenvalue weighted by molar-refractivity contribution is -0.0701. The number of likely N-dealkylation sites (tertiary alicyclic amines) is 4. The van der Waals surface area contributed by atoms with Crippen molar-refractivity contribution < 1.29 is 0 Å². The van der Waals surface area contributed by atoms with Gasteiger partial charge in [-0.25, -0.2) is 0 Å². The lowest BCUT2D eigenvalue weighted by atomic mass is 9.51. The molecule has 11 rings (SSSR count). The van der Waals surface area contributed by atoms with Crippen LogP contribution in [0.1, 0.15) is 374 Å². The van der Waals surface area contributed by atoms with Crippen molar-refractivity contribution >= 4 is 0 Å². The number of benzene rings is 2. The maximum absolute atomic E-state index is 2.72. The molecule has 1 spiro atoms. The van der Waals surface area contributed by atoms with Crippen LogP contribution in [0.25, 0.3) is 0 Å². The fourth-order valence-electron chi connectivity index (χ4n) is 18.9. The van der Waals surface area contributed by atoms with Crippen molar-refractivity contribution in [2.24, 2.45) is 74.4 Å². The summed E-state index contributed by atoms with van der Waals surface area (Å²) in [6.07, 6.45) is 18.4. The van der Waals surface area contributed by atoms with E-state index in [4.69, 9.17) is 0 Å². The summed E-state index contributed by atoms with van der Waals surface area (Å²) in [5, 5.41) is 0. The monoisotopic (exact) mass is 1430 g/mol. The van der Waals surface area contributed by atoms with Crippen LogP contribution in [0.5, 0.6) is 0 Å². The van der Waals surface area contributed by atoms with Crippen molar-refractivity contribution in [3.05, 3.63) is 69.8 Å². The third-order valence-corrected chi connectivity index (χ3v) is 25.8. The second-order valence-electron chi connectivity index (χ2n) is 45.5. The van der Waals surface area contributed by atoms with Gasteiger partial charge in [-0.3, -0.25) is 24.5 Å². The number of nitrogens with zero attached hydrogens (tertiary/aromatic N) is 6. The van der Waals surface area contributed by atoms with Crippen molar-refractivity contribution in [3.63, 3.8) is 0 Å². The highest BCUT2D eigenvalue weighted by Gasteiger charge is 2.51. The van der Waals surface area contributed by atoms with Gasteiger partial charge in [0, 0.05) is 80.1 Å². The molecule has 3 saturated carbocycles. The van der Waals surface area contributed by atoms with Crippen LogP contribution in [0.4, 0.5) is 0 Å². The molecule has 4 atom stereocenters. The average Bonchev–Trinajstić information content (AvgIpc) is 1.62. The number of rotatable bonds is 1. The Morgan fingerprint density at radius 2 is 0.709 bits per heavy atom. The number of hydrogen-bond donors (Lipinski definition) is 0. The zero-order valence-corrected chi connectivity index (χ0v) is 77.4. The van der Waals surface area contributed by atoms with E-state index < -0.39 is 0 Å². The predicted molar refractivity (Wildman–Crippen MR) is 462 cm³/mol. The fraction of sp³-hybridized carbons (Fsp3) is 0.876. The average molecular weight is 1430 g/mol. The SMILES string of the molecule is CC.CC.CC.CC(C)(C)C1C2CCC1CN(C(C)(C)C)C2.CC(C)(C)C1CC2(CCN(C(C)(C)C)CC2)C1.CC(C)(C)CC1CCN(C(C)(C)C)CC1.CC(C)(C)c1ccc2c(c1)CCN(C(C)(C)C)C2.CC(C)(C)c1ccc2c(c1)CN(C(C)(C)C)CC2.CN1CC2CC(C(C)(C)C)CC2C1. The zero-order chi connectivity index (χ0) is 79.5. The largest absolute Gasteiger partial charge is 0.306 e. The Bertz CT molecular complexity index is 2690. The zero-order valence-electron chi connectivity index (χ0n) is 77.4. The van der Waals surface area contributed by atoms with Gasteiger partial charge in [0.25, 0.3) is 0 Å². The Kier molecular flexibility index (Phi) is 35.1. The molecule has 3 aliphatic carbocycles. The summed E-state index contributed by atoms with van der Waals surface area (Å²) in [4.78, 5) is 15.7. The van der Waals surface area contributed by atoms with Crippen LogP contribution in [-0.4, -0.2) is 130 Å². The smallest absolute Gasteiger partial charge is 0.0241 e. The molecule has 103 heavy (non-hydrogen) atoms. The van der Waals surface area contributed by atoms with Crippen LogP contribution in [0.3, 0.4) is 0 Å².